The van der Waals surface area contributed by atoms with Crippen LogP contribution in [0.25, 0.3) is 0 Å². The van der Waals surface area contributed by atoms with E-state index in [1.165, 1.54) is 0 Å². The Labute approximate surface area is 95.6 Å². The van der Waals surface area contributed by atoms with Gasteiger partial charge in [0.05, 0.1) is 12.7 Å². The number of aromatic nitrogens is 2. The Morgan fingerprint density at radius 1 is 1.69 bits per heavy atom. The van der Waals surface area contributed by atoms with Crippen LogP contribution in [-0.4, -0.2) is 28.3 Å². The van der Waals surface area contributed by atoms with E-state index in [1.54, 1.807) is 6.20 Å². The number of carbonyl (C=O) groups is 1. The van der Waals surface area contributed by atoms with Crippen molar-refractivity contribution < 1.29 is 9.53 Å². The Bertz CT molecular complexity index is 373. The quantitative estimate of drug-likeness (QED) is 0.772. The zero-order valence-corrected chi connectivity index (χ0v) is 9.85. The fraction of sp³-hybridized carbons (Fsp3) is 0.667. The minimum absolute atomic E-state index is 0.114. The van der Waals surface area contributed by atoms with Gasteiger partial charge in [0, 0.05) is 31.3 Å². The van der Waals surface area contributed by atoms with E-state index in [2.05, 4.69) is 5.10 Å². The molecule has 0 aliphatic carbocycles. The highest BCUT2D eigenvalue weighted by Gasteiger charge is 2.27. The van der Waals surface area contributed by atoms with E-state index in [-0.39, 0.29) is 12.0 Å². The van der Waals surface area contributed by atoms with Gasteiger partial charge in [-0.2, -0.15) is 5.10 Å². The zero-order valence-electron chi connectivity index (χ0n) is 9.85. The van der Waals surface area contributed by atoms with E-state index in [4.69, 9.17) is 4.74 Å². The van der Waals surface area contributed by atoms with Gasteiger partial charge in [0.25, 0.3) is 0 Å². The predicted octanol–water partition coefficient (Wildman–Crippen LogP) is 1.35. The molecule has 1 aliphatic rings. The lowest BCUT2D eigenvalue weighted by Crippen LogP contribution is -2.15. The Hall–Kier alpha value is -1.16. The van der Waals surface area contributed by atoms with Gasteiger partial charge in [-0.15, -0.1) is 0 Å². The minimum atomic E-state index is 0.114. The Kier molecular flexibility index (Phi) is 3.39. The van der Waals surface area contributed by atoms with Crippen molar-refractivity contribution >= 4 is 5.78 Å². The number of carbonyl (C=O) groups excluding carboxylic acids is 1. The van der Waals surface area contributed by atoms with Crippen LogP contribution in [0.5, 0.6) is 0 Å². The topological polar surface area (TPSA) is 44.1 Å². The van der Waals surface area contributed by atoms with E-state index < -0.39 is 0 Å². The maximum Gasteiger partial charge on any atom is 0.138 e. The second-order valence-corrected chi connectivity index (χ2v) is 4.49. The van der Waals surface area contributed by atoms with Gasteiger partial charge in [-0.25, -0.2) is 0 Å². The summed E-state index contributed by atoms with van der Waals surface area (Å²) in [5.41, 5.74) is 1.11. The molecule has 0 amide bonds. The molecule has 2 unspecified atom stereocenters. The molecule has 0 saturated carbocycles. The lowest BCUT2D eigenvalue weighted by atomic mass is 9.97. The van der Waals surface area contributed by atoms with Crippen molar-refractivity contribution in [1.29, 1.82) is 0 Å². The lowest BCUT2D eigenvalue weighted by Gasteiger charge is -2.06. The first kappa shape index (κ1) is 11.3. The Balaban J connectivity index is 1.82. The third-order valence-electron chi connectivity index (χ3n) is 3.20. The van der Waals surface area contributed by atoms with Crippen molar-refractivity contribution in [1.82, 2.24) is 9.78 Å². The summed E-state index contributed by atoms with van der Waals surface area (Å²) in [4.78, 5) is 11.9. The van der Waals surface area contributed by atoms with Gasteiger partial charge in [-0.05, 0) is 25.8 Å². The number of hydrogen-bond donors (Lipinski definition) is 0. The van der Waals surface area contributed by atoms with Crippen molar-refractivity contribution in [3.8, 4) is 0 Å². The molecule has 1 saturated heterocycles. The van der Waals surface area contributed by atoms with Crippen LogP contribution in [0.2, 0.25) is 0 Å². The molecule has 0 N–H and O–H groups in total. The highest BCUT2D eigenvalue weighted by atomic mass is 16.5. The molecule has 0 bridgehead atoms. The molecule has 0 aromatic carbocycles. The zero-order chi connectivity index (χ0) is 11.5. The van der Waals surface area contributed by atoms with Crippen LogP contribution in [0.15, 0.2) is 12.3 Å². The monoisotopic (exact) mass is 222 g/mol. The van der Waals surface area contributed by atoms with Gasteiger partial charge < -0.3 is 4.74 Å². The fourth-order valence-electron chi connectivity index (χ4n) is 2.14. The van der Waals surface area contributed by atoms with E-state index >= 15 is 0 Å². The standard InChI is InChI=1S/C12H18N2O2/c1-9-7-10(8-16-9)12(15)4-3-11-5-6-13-14(11)2/h5-6,9-10H,3-4,7-8H2,1-2H3. The van der Waals surface area contributed by atoms with Crippen molar-refractivity contribution in [3.05, 3.63) is 18.0 Å². The van der Waals surface area contributed by atoms with Crippen LogP contribution in [-0.2, 0) is 23.0 Å². The van der Waals surface area contributed by atoms with Crippen LogP contribution < -0.4 is 0 Å². The molecule has 88 valence electrons. The molecule has 0 radical (unpaired) electrons. The maximum atomic E-state index is 11.9. The third kappa shape index (κ3) is 2.50. The third-order valence-corrected chi connectivity index (χ3v) is 3.20. The second-order valence-electron chi connectivity index (χ2n) is 4.49. The van der Waals surface area contributed by atoms with Gasteiger partial charge in [0.15, 0.2) is 0 Å². The number of ketones is 1. The van der Waals surface area contributed by atoms with E-state index in [0.717, 1.165) is 18.5 Å². The number of aryl methyl sites for hydroxylation is 2. The van der Waals surface area contributed by atoms with Gasteiger partial charge in [-0.1, -0.05) is 0 Å². The molecule has 2 heterocycles. The van der Waals surface area contributed by atoms with Crippen LogP contribution >= 0.6 is 0 Å². The molecule has 1 fully saturated rings. The fourth-order valence-corrected chi connectivity index (χ4v) is 2.14. The van der Waals surface area contributed by atoms with Crippen LogP contribution in [0, 0.1) is 5.92 Å². The SMILES string of the molecule is CC1CC(C(=O)CCc2ccnn2C)CO1. The summed E-state index contributed by atoms with van der Waals surface area (Å²) in [6.45, 7) is 2.62. The smallest absolute Gasteiger partial charge is 0.138 e. The number of Topliss-reactive ketones (excluding diaryl/α,β-unsaturated/α-hetero) is 1. The normalized spacial score (nSPS) is 24.9. The summed E-state index contributed by atoms with van der Waals surface area (Å²) in [6, 6.07) is 1.96. The van der Waals surface area contributed by atoms with E-state index in [0.29, 0.717) is 18.8 Å². The molecule has 4 nitrogen and oxygen atoms in total. The highest BCUT2D eigenvalue weighted by Crippen LogP contribution is 2.21. The van der Waals surface area contributed by atoms with Gasteiger partial charge in [0.1, 0.15) is 5.78 Å². The molecule has 1 aliphatic heterocycles. The molecular weight excluding hydrogens is 204 g/mol. The molecular formula is C12H18N2O2. The second kappa shape index (κ2) is 4.78. The Morgan fingerprint density at radius 3 is 3.06 bits per heavy atom. The number of nitrogens with zero attached hydrogens (tertiary/aromatic N) is 2. The summed E-state index contributed by atoms with van der Waals surface area (Å²) >= 11 is 0. The highest BCUT2D eigenvalue weighted by molar-refractivity contribution is 5.81. The van der Waals surface area contributed by atoms with Crippen molar-refractivity contribution in [2.45, 2.75) is 32.3 Å². The first-order chi connectivity index (χ1) is 7.66. The summed E-state index contributed by atoms with van der Waals surface area (Å²) in [6.07, 6.45) is 4.26. The van der Waals surface area contributed by atoms with Gasteiger partial charge >= 0.3 is 0 Å². The average Bonchev–Trinajstić information content (AvgIpc) is 2.84. The summed E-state index contributed by atoms with van der Waals surface area (Å²) in [5.74, 6) is 0.439. The van der Waals surface area contributed by atoms with E-state index in [9.17, 15) is 4.79 Å². The van der Waals surface area contributed by atoms with Crippen LogP contribution in [0.3, 0.4) is 0 Å². The van der Waals surface area contributed by atoms with Crippen molar-refractivity contribution in [2.75, 3.05) is 6.61 Å². The molecule has 1 aromatic rings. The van der Waals surface area contributed by atoms with Crippen molar-refractivity contribution in [2.24, 2.45) is 13.0 Å². The number of hydrogen-bond acceptors (Lipinski definition) is 3. The minimum Gasteiger partial charge on any atom is -0.378 e. The summed E-state index contributed by atoms with van der Waals surface area (Å²) in [7, 11) is 1.90. The molecule has 2 rings (SSSR count). The molecule has 0 spiro atoms. The lowest BCUT2D eigenvalue weighted by molar-refractivity contribution is -0.122. The molecule has 1 aromatic heterocycles. The number of rotatable bonds is 4. The maximum absolute atomic E-state index is 11.9. The molecule has 4 heteroatoms. The van der Waals surface area contributed by atoms with Gasteiger partial charge in [-0.3, -0.25) is 9.48 Å². The van der Waals surface area contributed by atoms with E-state index in [1.807, 2.05) is 24.7 Å². The van der Waals surface area contributed by atoms with Crippen LogP contribution in [0.1, 0.15) is 25.5 Å². The molecule has 16 heavy (non-hydrogen) atoms. The van der Waals surface area contributed by atoms with Crippen LogP contribution in [0.4, 0.5) is 0 Å². The Morgan fingerprint density at radius 2 is 2.50 bits per heavy atom. The summed E-state index contributed by atoms with van der Waals surface area (Å²) in [5, 5.41) is 4.08. The number of ether oxygens (including phenoxy) is 1. The summed E-state index contributed by atoms with van der Waals surface area (Å²) < 4.78 is 7.23. The largest absolute Gasteiger partial charge is 0.378 e. The average molecular weight is 222 g/mol. The first-order valence-electron chi connectivity index (χ1n) is 5.78. The predicted molar refractivity (Wildman–Crippen MR) is 60.1 cm³/mol. The van der Waals surface area contributed by atoms with Crippen molar-refractivity contribution in [3.63, 3.8) is 0 Å². The first-order valence-corrected chi connectivity index (χ1v) is 5.78. The molecule has 2 atom stereocenters. The van der Waals surface area contributed by atoms with Gasteiger partial charge in [0.2, 0.25) is 0 Å².